The number of anilines is 1. The molecule has 2 N–H and O–H groups in total. The zero-order chi connectivity index (χ0) is 22.1. The zero-order valence-corrected chi connectivity index (χ0v) is 16.6. The number of rotatable bonds is 6. The summed E-state index contributed by atoms with van der Waals surface area (Å²) in [5, 5.41) is 8.24. The molecule has 5 rings (SSSR count). The molecule has 32 heavy (non-hydrogen) atoms. The molecule has 0 saturated heterocycles. The number of carbonyl (C=O) groups excluding carboxylic acids is 1. The molecule has 158 valence electrons. The molecule has 0 spiro atoms. The number of aryl methyl sites for hydroxylation is 1. The van der Waals surface area contributed by atoms with E-state index in [1.807, 2.05) is 22.7 Å². The van der Waals surface area contributed by atoms with Gasteiger partial charge in [-0.2, -0.15) is 10.2 Å². The van der Waals surface area contributed by atoms with Gasteiger partial charge in [-0.05, 0) is 30.7 Å². The number of ketones is 1. The minimum Gasteiger partial charge on any atom is -0.382 e. The van der Waals surface area contributed by atoms with Crippen LogP contribution in [0.4, 0.5) is 10.2 Å². The summed E-state index contributed by atoms with van der Waals surface area (Å²) in [5.41, 5.74) is 8.08. The average molecular weight is 429 g/mol. The molecule has 0 aliphatic rings. The van der Waals surface area contributed by atoms with Crippen molar-refractivity contribution >= 4 is 17.2 Å². The topological polar surface area (TPSA) is 130 Å². The van der Waals surface area contributed by atoms with Crippen molar-refractivity contribution in [3.05, 3.63) is 78.7 Å². The summed E-state index contributed by atoms with van der Waals surface area (Å²) in [6, 6.07) is 6.43. The van der Waals surface area contributed by atoms with E-state index in [9.17, 15) is 9.18 Å². The third-order valence-corrected chi connectivity index (χ3v) is 4.86. The molecule has 0 aliphatic carbocycles. The molecular formula is C21H16FN9O. The summed E-state index contributed by atoms with van der Waals surface area (Å²) in [4.78, 5) is 31.3. The molecule has 0 atom stereocenters. The van der Waals surface area contributed by atoms with E-state index in [0.717, 1.165) is 5.65 Å². The molecule has 0 amide bonds. The summed E-state index contributed by atoms with van der Waals surface area (Å²) < 4.78 is 15.7. The van der Waals surface area contributed by atoms with Gasteiger partial charge in [0.25, 0.3) is 0 Å². The van der Waals surface area contributed by atoms with Crippen LogP contribution in [-0.4, -0.2) is 45.1 Å². The first-order chi connectivity index (χ1) is 15.6. The maximum atomic E-state index is 13.9. The number of Topliss-reactive ketones (excluding diaryl/α,β-unsaturated/α-hetero) is 1. The summed E-state index contributed by atoms with van der Waals surface area (Å²) in [7, 11) is 0. The maximum Gasteiger partial charge on any atom is 0.202 e. The van der Waals surface area contributed by atoms with Crippen LogP contribution in [0, 0.1) is 5.82 Å². The van der Waals surface area contributed by atoms with E-state index in [4.69, 9.17) is 5.73 Å². The van der Waals surface area contributed by atoms with Crippen molar-refractivity contribution in [1.29, 1.82) is 0 Å². The number of aromatic nitrogens is 8. The monoisotopic (exact) mass is 429 g/mol. The predicted molar refractivity (Wildman–Crippen MR) is 112 cm³/mol. The summed E-state index contributed by atoms with van der Waals surface area (Å²) in [6.07, 6.45) is 9.86. The van der Waals surface area contributed by atoms with Crippen molar-refractivity contribution in [1.82, 2.24) is 39.3 Å². The molecule has 10 nitrogen and oxygen atoms in total. The normalized spacial score (nSPS) is 11.2. The Morgan fingerprint density at radius 1 is 1.03 bits per heavy atom. The Hall–Kier alpha value is -4.54. The van der Waals surface area contributed by atoms with E-state index < -0.39 is 5.82 Å². The van der Waals surface area contributed by atoms with Gasteiger partial charge in [0.05, 0.1) is 18.1 Å². The van der Waals surface area contributed by atoms with Crippen LogP contribution in [-0.2, 0) is 6.42 Å². The Morgan fingerprint density at radius 3 is 2.69 bits per heavy atom. The number of nitrogens with zero attached hydrogens (tertiary/aromatic N) is 8. The van der Waals surface area contributed by atoms with Crippen LogP contribution in [0.5, 0.6) is 0 Å². The minimum atomic E-state index is -0.464. The van der Waals surface area contributed by atoms with Gasteiger partial charge in [0, 0.05) is 36.8 Å². The molecule has 0 bridgehead atoms. The fourth-order valence-corrected chi connectivity index (χ4v) is 3.32. The zero-order valence-electron chi connectivity index (χ0n) is 16.6. The molecule has 0 radical (unpaired) electrons. The van der Waals surface area contributed by atoms with Crippen molar-refractivity contribution in [2.45, 2.75) is 12.8 Å². The number of carbonyl (C=O) groups is 1. The number of nitrogen functional groups attached to an aromatic ring is 1. The SMILES string of the molecule is Nc1nc(-n2nccn2)c(-c2ccc3nccn3c2)nc1C(=O)CCc1ncccc1F. The smallest absolute Gasteiger partial charge is 0.202 e. The van der Waals surface area contributed by atoms with Gasteiger partial charge in [-0.3, -0.25) is 9.78 Å². The van der Waals surface area contributed by atoms with Crippen LogP contribution < -0.4 is 5.73 Å². The quantitative estimate of drug-likeness (QED) is 0.407. The second-order valence-electron chi connectivity index (χ2n) is 6.91. The predicted octanol–water partition coefficient (Wildman–Crippen LogP) is 2.30. The van der Waals surface area contributed by atoms with Gasteiger partial charge < -0.3 is 10.1 Å². The van der Waals surface area contributed by atoms with Gasteiger partial charge in [-0.25, -0.2) is 19.3 Å². The molecule has 5 aromatic heterocycles. The van der Waals surface area contributed by atoms with Gasteiger partial charge in [-0.15, -0.1) is 4.80 Å². The molecule has 11 heteroatoms. The van der Waals surface area contributed by atoms with E-state index in [-0.39, 0.29) is 41.6 Å². The molecule has 0 unspecified atom stereocenters. The fourth-order valence-electron chi connectivity index (χ4n) is 3.32. The van der Waals surface area contributed by atoms with E-state index in [0.29, 0.717) is 11.3 Å². The van der Waals surface area contributed by atoms with Crippen LogP contribution in [0.15, 0.2) is 61.4 Å². The van der Waals surface area contributed by atoms with Crippen LogP contribution in [0.1, 0.15) is 22.6 Å². The maximum absolute atomic E-state index is 13.9. The number of pyridine rings is 2. The van der Waals surface area contributed by atoms with Crippen molar-refractivity contribution in [3.63, 3.8) is 0 Å². The van der Waals surface area contributed by atoms with Gasteiger partial charge >= 0.3 is 0 Å². The first kappa shape index (κ1) is 19.4. The first-order valence-electron chi connectivity index (χ1n) is 9.70. The second kappa shape index (κ2) is 7.95. The van der Waals surface area contributed by atoms with Gasteiger partial charge in [0.15, 0.2) is 11.6 Å². The number of fused-ring (bicyclic) bond motifs is 1. The highest BCUT2D eigenvalue weighted by molar-refractivity contribution is 5.99. The number of halogens is 1. The van der Waals surface area contributed by atoms with Crippen molar-refractivity contribution < 1.29 is 9.18 Å². The minimum absolute atomic E-state index is 0.00188. The largest absolute Gasteiger partial charge is 0.382 e. The number of nitrogens with two attached hydrogens (primary N) is 1. The lowest BCUT2D eigenvalue weighted by atomic mass is 10.1. The molecule has 0 aromatic carbocycles. The molecule has 5 aromatic rings. The van der Waals surface area contributed by atoms with E-state index >= 15 is 0 Å². The van der Waals surface area contributed by atoms with E-state index in [1.54, 1.807) is 12.4 Å². The standard InChI is InChI=1S/C21H16FN9O/c22-14-2-1-7-24-15(14)4-5-16(32)19-20(23)29-21(31-26-8-9-27-31)18(28-19)13-3-6-17-25-10-11-30(17)12-13/h1-3,6-12H,4-5H2,(H2,23,29). The Morgan fingerprint density at radius 2 is 1.88 bits per heavy atom. The highest BCUT2D eigenvalue weighted by atomic mass is 19.1. The van der Waals surface area contributed by atoms with Crippen molar-refractivity contribution in [2.75, 3.05) is 5.73 Å². The molecule has 0 fully saturated rings. The Bertz CT molecular complexity index is 1430. The number of hydrogen-bond donors (Lipinski definition) is 1. The average Bonchev–Trinajstić information content (AvgIpc) is 3.50. The fraction of sp³-hybridized carbons (Fsp3) is 0.0952. The summed E-state index contributed by atoms with van der Waals surface area (Å²) >= 11 is 0. The van der Waals surface area contributed by atoms with Crippen LogP contribution in [0.2, 0.25) is 0 Å². The van der Waals surface area contributed by atoms with Gasteiger partial charge in [-0.1, -0.05) is 0 Å². The Kier molecular flexibility index (Phi) is 4.82. The van der Waals surface area contributed by atoms with Crippen LogP contribution in [0.25, 0.3) is 22.7 Å². The highest BCUT2D eigenvalue weighted by Gasteiger charge is 2.21. The number of hydrogen-bond acceptors (Lipinski definition) is 8. The summed E-state index contributed by atoms with van der Waals surface area (Å²) in [6.45, 7) is 0. The molecule has 5 heterocycles. The lowest BCUT2D eigenvalue weighted by Gasteiger charge is -2.12. The van der Waals surface area contributed by atoms with Gasteiger partial charge in [0.1, 0.15) is 22.9 Å². The Balaban J connectivity index is 1.56. The van der Waals surface area contributed by atoms with Crippen molar-refractivity contribution in [3.8, 4) is 17.1 Å². The third-order valence-electron chi connectivity index (χ3n) is 4.86. The van der Waals surface area contributed by atoms with E-state index in [2.05, 4.69) is 30.1 Å². The highest BCUT2D eigenvalue weighted by Crippen LogP contribution is 2.26. The van der Waals surface area contributed by atoms with Crippen molar-refractivity contribution in [2.24, 2.45) is 0 Å². The first-order valence-corrected chi connectivity index (χ1v) is 9.70. The lowest BCUT2D eigenvalue weighted by molar-refractivity contribution is 0.0978. The molecule has 0 aliphatic heterocycles. The number of imidazole rings is 1. The second-order valence-corrected chi connectivity index (χ2v) is 6.91. The Labute approximate surface area is 180 Å². The van der Waals surface area contributed by atoms with Gasteiger partial charge in [0.2, 0.25) is 5.82 Å². The molecular weight excluding hydrogens is 413 g/mol. The summed E-state index contributed by atoms with van der Waals surface area (Å²) in [5.74, 6) is -0.616. The molecule has 0 saturated carbocycles. The van der Waals surface area contributed by atoms with Crippen LogP contribution >= 0.6 is 0 Å². The van der Waals surface area contributed by atoms with E-state index in [1.165, 1.54) is 35.5 Å². The van der Waals surface area contributed by atoms with Crippen LogP contribution in [0.3, 0.4) is 0 Å². The lowest BCUT2D eigenvalue weighted by Crippen LogP contribution is -2.15. The third kappa shape index (κ3) is 3.55.